The van der Waals surface area contributed by atoms with Gasteiger partial charge in [0.2, 0.25) is 0 Å². The highest BCUT2D eigenvalue weighted by molar-refractivity contribution is 5.96. The number of amides is 1. The molecule has 0 spiro atoms. The zero-order valence-electron chi connectivity index (χ0n) is 13.7. The van der Waals surface area contributed by atoms with E-state index in [4.69, 9.17) is 4.74 Å². The minimum atomic E-state index is -0.655. The van der Waals surface area contributed by atoms with Gasteiger partial charge in [0.1, 0.15) is 11.6 Å². The van der Waals surface area contributed by atoms with Crippen LogP contribution in [0, 0.1) is 12.8 Å². The number of nitrogens with one attached hydrogen (secondary N) is 1. The van der Waals surface area contributed by atoms with Crippen molar-refractivity contribution >= 4 is 11.9 Å². The Bertz CT molecular complexity index is 498. The second-order valence-electron chi connectivity index (χ2n) is 6.59. The van der Waals surface area contributed by atoms with Gasteiger partial charge >= 0.3 is 5.97 Å². The molecule has 116 valence electrons. The molecule has 0 saturated carbocycles. The van der Waals surface area contributed by atoms with Crippen LogP contribution in [0.1, 0.15) is 50.5 Å². The maximum atomic E-state index is 12.2. The van der Waals surface area contributed by atoms with Gasteiger partial charge in [-0.15, -0.1) is 0 Å². The molecular weight excluding hydrogens is 266 g/mol. The Hall–Kier alpha value is -1.84. The average molecular weight is 291 g/mol. The van der Waals surface area contributed by atoms with Gasteiger partial charge < -0.3 is 10.1 Å². The molecule has 1 unspecified atom stereocenters. The van der Waals surface area contributed by atoms with Gasteiger partial charge in [-0.1, -0.05) is 31.5 Å². The van der Waals surface area contributed by atoms with E-state index < -0.39 is 17.6 Å². The molecule has 0 aromatic heterocycles. The lowest BCUT2D eigenvalue weighted by Crippen LogP contribution is -2.47. The maximum absolute atomic E-state index is 12.2. The van der Waals surface area contributed by atoms with E-state index >= 15 is 0 Å². The summed E-state index contributed by atoms with van der Waals surface area (Å²) in [6, 6.07) is 6.58. The summed E-state index contributed by atoms with van der Waals surface area (Å²) in [6.07, 6.45) is 0. The first-order valence-corrected chi connectivity index (χ1v) is 7.20. The Morgan fingerprint density at radius 1 is 1.10 bits per heavy atom. The second kappa shape index (κ2) is 6.74. The predicted octanol–water partition coefficient (Wildman–Crippen LogP) is 3.09. The summed E-state index contributed by atoms with van der Waals surface area (Å²) in [4.78, 5) is 24.4. The summed E-state index contributed by atoms with van der Waals surface area (Å²) in [7, 11) is 0. The highest BCUT2D eigenvalue weighted by atomic mass is 16.6. The molecule has 0 aliphatic carbocycles. The van der Waals surface area contributed by atoms with Crippen LogP contribution in [0.4, 0.5) is 0 Å². The molecule has 0 aliphatic heterocycles. The molecule has 0 bridgehead atoms. The van der Waals surface area contributed by atoms with E-state index in [1.165, 1.54) is 0 Å². The molecule has 0 aliphatic rings. The third kappa shape index (κ3) is 5.58. The van der Waals surface area contributed by atoms with Gasteiger partial charge in [0.25, 0.3) is 5.91 Å². The zero-order valence-corrected chi connectivity index (χ0v) is 13.7. The lowest BCUT2D eigenvalue weighted by atomic mass is 10.0. The van der Waals surface area contributed by atoms with Crippen LogP contribution in [0.2, 0.25) is 0 Å². The normalized spacial score (nSPS) is 12.9. The number of carbonyl (C=O) groups excluding carboxylic acids is 2. The molecule has 0 radical (unpaired) electrons. The van der Waals surface area contributed by atoms with E-state index in [-0.39, 0.29) is 11.8 Å². The number of carbonyl (C=O) groups is 2. The topological polar surface area (TPSA) is 55.4 Å². The number of benzene rings is 1. The van der Waals surface area contributed by atoms with E-state index in [1.807, 2.05) is 53.7 Å². The van der Waals surface area contributed by atoms with Gasteiger partial charge in [-0.05, 0) is 45.7 Å². The van der Waals surface area contributed by atoms with Gasteiger partial charge in [0.15, 0.2) is 0 Å². The molecule has 21 heavy (non-hydrogen) atoms. The summed E-state index contributed by atoms with van der Waals surface area (Å²) < 4.78 is 5.36. The fourth-order valence-corrected chi connectivity index (χ4v) is 1.79. The second-order valence-corrected chi connectivity index (χ2v) is 6.59. The summed E-state index contributed by atoms with van der Waals surface area (Å²) in [5.74, 6) is -0.716. The van der Waals surface area contributed by atoms with Gasteiger partial charge in [0, 0.05) is 5.56 Å². The van der Waals surface area contributed by atoms with Crippen molar-refractivity contribution in [1.29, 1.82) is 0 Å². The van der Waals surface area contributed by atoms with Gasteiger partial charge in [-0.3, -0.25) is 4.79 Å². The van der Waals surface area contributed by atoms with E-state index in [9.17, 15) is 9.59 Å². The monoisotopic (exact) mass is 291 g/mol. The molecule has 0 saturated heterocycles. The first-order chi connectivity index (χ1) is 9.60. The number of aryl methyl sites for hydroxylation is 1. The predicted molar refractivity (Wildman–Crippen MR) is 83.1 cm³/mol. The Balaban J connectivity index is 2.81. The van der Waals surface area contributed by atoms with Gasteiger partial charge in [-0.25, -0.2) is 4.79 Å². The Morgan fingerprint density at radius 3 is 2.05 bits per heavy atom. The molecule has 1 N–H and O–H groups in total. The fourth-order valence-electron chi connectivity index (χ4n) is 1.79. The number of rotatable bonds is 4. The molecule has 1 amide bonds. The Morgan fingerprint density at radius 2 is 1.62 bits per heavy atom. The summed E-state index contributed by atoms with van der Waals surface area (Å²) in [6.45, 7) is 11.1. The van der Waals surface area contributed by atoms with Crippen LogP contribution in [-0.2, 0) is 9.53 Å². The van der Waals surface area contributed by atoms with Crippen molar-refractivity contribution in [3.8, 4) is 0 Å². The molecule has 1 aromatic carbocycles. The standard InChI is InChI=1S/C17H25NO3/c1-11(2)14(16(20)21-17(4,5)6)18-15(19)13-9-7-12(3)8-10-13/h7-11,14H,1-6H3,(H,18,19). The van der Waals surface area contributed by atoms with Crippen LogP contribution in [0.3, 0.4) is 0 Å². The number of ether oxygens (including phenoxy) is 1. The summed E-state index contributed by atoms with van der Waals surface area (Å²) in [5, 5.41) is 2.76. The SMILES string of the molecule is Cc1ccc(C(=O)NC(C(=O)OC(C)(C)C)C(C)C)cc1. The summed E-state index contributed by atoms with van der Waals surface area (Å²) >= 11 is 0. The van der Waals surface area contributed by atoms with E-state index in [2.05, 4.69) is 5.32 Å². The summed E-state index contributed by atoms with van der Waals surface area (Å²) in [5.41, 5.74) is 1.05. The zero-order chi connectivity index (χ0) is 16.2. The molecular formula is C17H25NO3. The molecule has 1 aromatic rings. The number of hydrogen-bond donors (Lipinski definition) is 1. The third-order valence-electron chi connectivity index (χ3n) is 2.93. The number of esters is 1. The van der Waals surface area contributed by atoms with E-state index in [1.54, 1.807) is 12.1 Å². The van der Waals surface area contributed by atoms with Crippen molar-refractivity contribution in [3.05, 3.63) is 35.4 Å². The minimum Gasteiger partial charge on any atom is -0.458 e. The van der Waals surface area contributed by atoms with Crippen molar-refractivity contribution in [2.75, 3.05) is 0 Å². The van der Waals surface area contributed by atoms with Gasteiger partial charge in [-0.2, -0.15) is 0 Å². The Kier molecular flexibility index (Phi) is 5.53. The van der Waals surface area contributed by atoms with Crippen molar-refractivity contribution in [3.63, 3.8) is 0 Å². The Labute approximate surface area is 126 Å². The van der Waals surface area contributed by atoms with Crippen molar-refractivity contribution in [2.45, 2.75) is 53.2 Å². The smallest absolute Gasteiger partial charge is 0.329 e. The molecule has 1 atom stereocenters. The fraction of sp³-hybridized carbons (Fsp3) is 0.529. The highest BCUT2D eigenvalue weighted by Gasteiger charge is 2.29. The highest BCUT2D eigenvalue weighted by Crippen LogP contribution is 2.13. The first kappa shape index (κ1) is 17.2. The van der Waals surface area contributed by atoms with Gasteiger partial charge in [0.05, 0.1) is 0 Å². The molecule has 4 heteroatoms. The lowest BCUT2D eigenvalue weighted by molar-refractivity contribution is -0.158. The van der Waals surface area contributed by atoms with Crippen LogP contribution in [0.5, 0.6) is 0 Å². The quantitative estimate of drug-likeness (QED) is 0.867. The molecule has 0 fully saturated rings. The largest absolute Gasteiger partial charge is 0.458 e. The lowest BCUT2D eigenvalue weighted by Gasteiger charge is -2.26. The van der Waals surface area contributed by atoms with Crippen molar-refractivity contribution in [2.24, 2.45) is 5.92 Å². The first-order valence-electron chi connectivity index (χ1n) is 7.20. The van der Waals surface area contributed by atoms with Crippen LogP contribution in [0.15, 0.2) is 24.3 Å². The maximum Gasteiger partial charge on any atom is 0.329 e. The van der Waals surface area contributed by atoms with Crippen molar-refractivity contribution < 1.29 is 14.3 Å². The van der Waals surface area contributed by atoms with Crippen LogP contribution >= 0.6 is 0 Å². The van der Waals surface area contributed by atoms with E-state index in [0.717, 1.165) is 5.56 Å². The van der Waals surface area contributed by atoms with E-state index in [0.29, 0.717) is 5.56 Å². The average Bonchev–Trinajstić information content (AvgIpc) is 2.33. The van der Waals surface area contributed by atoms with Crippen molar-refractivity contribution in [1.82, 2.24) is 5.32 Å². The minimum absolute atomic E-state index is 0.0470. The van der Waals surface area contributed by atoms with Crippen LogP contribution in [0.25, 0.3) is 0 Å². The van der Waals surface area contributed by atoms with Crippen LogP contribution < -0.4 is 5.32 Å². The molecule has 0 heterocycles. The van der Waals surface area contributed by atoms with Crippen LogP contribution in [-0.4, -0.2) is 23.5 Å². The molecule has 1 rings (SSSR count). The third-order valence-corrected chi connectivity index (χ3v) is 2.93. The molecule has 4 nitrogen and oxygen atoms in total. The number of hydrogen-bond acceptors (Lipinski definition) is 3.